The molecule has 1 aliphatic heterocycles. The van der Waals surface area contributed by atoms with Gasteiger partial charge >= 0.3 is 0 Å². The van der Waals surface area contributed by atoms with E-state index in [1.54, 1.807) is 25.1 Å². The summed E-state index contributed by atoms with van der Waals surface area (Å²) in [6.07, 6.45) is 1.48. The van der Waals surface area contributed by atoms with Crippen molar-refractivity contribution in [1.29, 1.82) is 0 Å². The molecular formula is C21H22FN3O3S. The molecule has 152 valence electrons. The van der Waals surface area contributed by atoms with Crippen LogP contribution in [-0.4, -0.2) is 36.0 Å². The van der Waals surface area contributed by atoms with Crippen molar-refractivity contribution >= 4 is 10.0 Å². The van der Waals surface area contributed by atoms with Gasteiger partial charge in [-0.25, -0.2) is 12.8 Å². The molecule has 2 heterocycles. The molecular weight excluding hydrogens is 393 g/mol. The largest absolute Gasteiger partial charge is 0.339 e. The lowest BCUT2D eigenvalue weighted by molar-refractivity contribution is 0.265. The SMILES string of the molecule is Cc1ccc(C)c(S(=O)(=O)N2CCCC(c3nc(-c4ccc(F)cc4)no3)C2)c1. The third-order valence-corrected chi connectivity index (χ3v) is 7.25. The van der Waals surface area contributed by atoms with Gasteiger partial charge in [-0.15, -0.1) is 0 Å². The van der Waals surface area contributed by atoms with Gasteiger partial charge in [0.2, 0.25) is 21.7 Å². The van der Waals surface area contributed by atoms with Gasteiger partial charge in [0.25, 0.3) is 0 Å². The fraction of sp³-hybridized carbons (Fsp3) is 0.333. The summed E-state index contributed by atoms with van der Waals surface area (Å²) in [4.78, 5) is 4.78. The average Bonchev–Trinajstić information content (AvgIpc) is 3.20. The zero-order chi connectivity index (χ0) is 20.6. The molecule has 6 nitrogen and oxygen atoms in total. The summed E-state index contributed by atoms with van der Waals surface area (Å²) in [6.45, 7) is 4.44. The van der Waals surface area contributed by atoms with Crippen LogP contribution in [0.5, 0.6) is 0 Å². The number of nitrogens with zero attached hydrogens (tertiary/aromatic N) is 3. The fourth-order valence-electron chi connectivity index (χ4n) is 3.60. The van der Waals surface area contributed by atoms with Gasteiger partial charge in [0, 0.05) is 18.7 Å². The van der Waals surface area contributed by atoms with Crippen molar-refractivity contribution < 1.29 is 17.3 Å². The quantitative estimate of drug-likeness (QED) is 0.642. The maximum atomic E-state index is 13.2. The number of hydrogen-bond donors (Lipinski definition) is 0. The molecule has 4 rings (SSSR count). The van der Waals surface area contributed by atoms with Crippen LogP contribution in [0.25, 0.3) is 11.4 Å². The Balaban J connectivity index is 1.57. The molecule has 2 aromatic carbocycles. The van der Waals surface area contributed by atoms with Gasteiger partial charge in [-0.1, -0.05) is 17.3 Å². The lowest BCUT2D eigenvalue weighted by atomic mass is 10.00. The highest BCUT2D eigenvalue weighted by atomic mass is 32.2. The molecule has 0 bridgehead atoms. The van der Waals surface area contributed by atoms with E-state index in [-0.39, 0.29) is 11.7 Å². The van der Waals surface area contributed by atoms with Crippen molar-refractivity contribution in [1.82, 2.24) is 14.4 Å². The van der Waals surface area contributed by atoms with E-state index in [1.165, 1.54) is 16.4 Å². The van der Waals surface area contributed by atoms with Crippen LogP contribution in [0, 0.1) is 19.7 Å². The van der Waals surface area contributed by atoms with Crippen LogP contribution < -0.4 is 0 Å². The van der Waals surface area contributed by atoms with Gasteiger partial charge in [0.05, 0.1) is 10.8 Å². The van der Waals surface area contributed by atoms with E-state index in [2.05, 4.69) is 10.1 Å². The lowest BCUT2D eigenvalue weighted by Crippen LogP contribution is -2.39. The van der Waals surface area contributed by atoms with Crippen molar-refractivity contribution in [2.24, 2.45) is 0 Å². The first kappa shape index (κ1) is 19.7. The molecule has 0 saturated carbocycles. The first-order chi connectivity index (χ1) is 13.8. The maximum absolute atomic E-state index is 13.2. The number of hydrogen-bond acceptors (Lipinski definition) is 5. The van der Waals surface area contributed by atoms with Crippen molar-refractivity contribution in [2.75, 3.05) is 13.1 Å². The maximum Gasteiger partial charge on any atom is 0.243 e. The highest BCUT2D eigenvalue weighted by molar-refractivity contribution is 7.89. The summed E-state index contributed by atoms with van der Waals surface area (Å²) in [5.74, 6) is 0.266. The summed E-state index contributed by atoms with van der Waals surface area (Å²) >= 11 is 0. The molecule has 1 fully saturated rings. The monoisotopic (exact) mass is 415 g/mol. The molecule has 1 saturated heterocycles. The minimum atomic E-state index is -3.60. The number of sulfonamides is 1. The summed E-state index contributed by atoms with van der Waals surface area (Å²) in [5.41, 5.74) is 2.29. The molecule has 0 N–H and O–H groups in total. The Morgan fingerprint density at radius 1 is 1.14 bits per heavy atom. The minimum absolute atomic E-state index is 0.176. The number of halogens is 1. The first-order valence-corrected chi connectivity index (χ1v) is 11.0. The Morgan fingerprint density at radius 3 is 2.66 bits per heavy atom. The Bertz CT molecular complexity index is 1130. The van der Waals surface area contributed by atoms with Gasteiger partial charge < -0.3 is 4.52 Å². The molecule has 8 heteroatoms. The number of rotatable bonds is 4. The van der Waals surface area contributed by atoms with E-state index < -0.39 is 10.0 Å². The van der Waals surface area contributed by atoms with Gasteiger partial charge in [-0.3, -0.25) is 0 Å². The molecule has 1 aliphatic rings. The van der Waals surface area contributed by atoms with Crippen LogP contribution in [0.4, 0.5) is 4.39 Å². The lowest BCUT2D eigenvalue weighted by Gasteiger charge is -2.30. The summed E-state index contributed by atoms with van der Waals surface area (Å²) in [6, 6.07) is 11.3. The van der Waals surface area contributed by atoms with Crippen LogP contribution in [-0.2, 0) is 10.0 Å². The molecule has 0 amide bonds. The molecule has 3 aromatic rings. The average molecular weight is 415 g/mol. The second-order valence-corrected chi connectivity index (χ2v) is 9.34. The van der Waals surface area contributed by atoms with Crippen molar-refractivity contribution in [3.63, 3.8) is 0 Å². The van der Waals surface area contributed by atoms with Crippen LogP contribution in [0.15, 0.2) is 51.9 Å². The van der Waals surface area contributed by atoms with Crippen molar-refractivity contribution in [2.45, 2.75) is 37.5 Å². The van der Waals surface area contributed by atoms with E-state index >= 15 is 0 Å². The van der Waals surface area contributed by atoms with E-state index in [0.717, 1.165) is 17.5 Å². The van der Waals surface area contributed by atoms with E-state index in [9.17, 15) is 12.8 Å². The van der Waals surface area contributed by atoms with E-state index in [0.29, 0.717) is 41.7 Å². The van der Waals surface area contributed by atoms with Crippen LogP contribution in [0.1, 0.15) is 35.8 Å². The Kier molecular flexibility index (Phi) is 5.23. The Morgan fingerprint density at radius 2 is 1.90 bits per heavy atom. The van der Waals surface area contributed by atoms with E-state index in [1.807, 2.05) is 19.1 Å². The molecule has 0 spiro atoms. The smallest absolute Gasteiger partial charge is 0.243 e. The third-order valence-electron chi connectivity index (χ3n) is 5.24. The molecule has 29 heavy (non-hydrogen) atoms. The molecule has 1 atom stereocenters. The van der Waals surface area contributed by atoms with E-state index in [4.69, 9.17) is 4.52 Å². The Labute approximate surface area is 169 Å². The normalized spacial score (nSPS) is 18.1. The number of aromatic nitrogens is 2. The number of benzene rings is 2. The molecule has 1 aromatic heterocycles. The van der Waals surface area contributed by atoms with Crippen LogP contribution in [0.3, 0.4) is 0 Å². The minimum Gasteiger partial charge on any atom is -0.339 e. The van der Waals surface area contributed by atoms with Gasteiger partial charge in [0.15, 0.2) is 0 Å². The molecule has 0 aliphatic carbocycles. The van der Waals surface area contributed by atoms with Gasteiger partial charge in [0.1, 0.15) is 5.82 Å². The van der Waals surface area contributed by atoms with Gasteiger partial charge in [-0.2, -0.15) is 9.29 Å². The third kappa shape index (κ3) is 3.95. The number of aryl methyl sites for hydroxylation is 2. The predicted molar refractivity (Wildman–Crippen MR) is 106 cm³/mol. The van der Waals surface area contributed by atoms with Gasteiger partial charge in [-0.05, 0) is 68.1 Å². The highest BCUT2D eigenvalue weighted by Gasteiger charge is 2.34. The second-order valence-electron chi connectivity index (χ2n) is 7.43. The summed E-state index contributed by atoms with van der Waals surface area (Å²) < 4.78 is 46.5. The molecule has 0 radical (unpaired) electrons. The topological polar surface area (TPSA) is 76.3 Å². The van der Waals surface area contributed by atoms with Crippen LogP contribution >= 0.6 is 0 Å². The zero-order valence-electron chi connectivity index (χ0n) is 16.3. The number of piperidine rings is 1. The fourth-order valence-corrected chi connectivity index (χ4v) is 5.44. The first-order valence-electron chi connectivity index (χ1n) is 9.51. The Hall–Kier alpha value is -2.58. The standard InChI is InChI=1S/C21H22FN3O3S/c1-14-5-6-15(2)19(12-14)29(26,27)25-11-3-4-17(13-25)21-23-20(24-28-21)16-7-9-18(22)10-8-16/h5-10,12,17H,3-4,11,13H2,1-2H3. The molecule has 1 unspecified atom stereocenters. The van der Waals surface area contributed by atoms with Crippen molar-refractivity contribution in [3.8, 4) is 11.4 Å². The predicted octanol–water partition coefficient (Wildman–Crippen LogP) is 4.06. The van der Waals surface area contributed by atoms with Crippen molar-refractivity contribution in [3.05, 3.63) is 65.3 Å². The summed E-state index contributed by atoms with van der Waals surface area (Å²) in [7, 11) is -3.60. The second kappa shape index (κ2) is 7.68. The highest BCUT2D eigenvalue weighted by Crippen LogP contribution is 2.31. The zero-order valence-corrected chi connectivity index (χ0v) is 17.1. The van der Waals surface area contributed by atoms with Crippen LogP contribution in [0.2, 0.25) is 0 Å². The summed E-state index contributed by atoms with van der Waals surface area (Å²) in [5, 5.41) is 3.99.